The molecule has 0 aliphatic rings. The van der Waals surface area contributed by atoms with Gasteiger partial charge in [-0.05, 0) is 64.4 Å². The van der Waals surface area contributed by atoms with Crippen molar-refractivity contribution in [3.63, 3.8) is 0 Å². The molecule has 184 valence electrons. The summed E-state index contributed by atoms with van der Waals surface area (Å²) in [5, 5.41) is 11.5. The average molecular weight is 508 g/mol. The number of nitrogens with zero attached hydrogens (tertiary/aromatic N) is 2. The monoisotopic (exact) mass is 507 g/mol. The highest BCUT2D eigenvalue weighted by Gasteiger charge is 2.22. The molecule has 2 N–H and O–H groups in total. The highest BCUT2D eigenvalue weighted by atomic mass is 35.5. The van der Waals surface area contributed by atoms with Crippen molar-refractivity contribution in [3.05, 3.63) is 55.9 Å². The number of halogens is 1. The first-order valence-electron chi connectivity index (χ1n) is 11.1. The van der Waals surface area contributed by atoms with Gasteiger partial charge in [0.1, 0.15) is 34.0 Å². The molecule has 10 heteroatoms. The van der Waals surface area contributed by atoms with Crippen molar-refractivity contribution in [1.29, 1.82) is 0 Å². The van der Waals surface area contributed by atoms with Crippen molar-refractivity contribution < 1.29 is 19.4 Å². The van der Waals surface area contributed by atoms with E-state index in [1.165, 1.54) is 0 Å². The number of carbonyl (C=O) groups excluding carboxylic acids is 1. The van der Waals surface area contributed by atoms with Crippen LogP contribution in [0.2, 0.25) is 5.02 Å². The lowest BCUT2D eigenvalue weighted by molar-refractivity contribution is 0.0383. The molecule has 0 saturated heterocycles. The number of thiophene rings is 1. The van der Waals surface area contributed by atoms with Gasteiger partial charge in [0.2, 0.25) is 0 Å². The highest BCUT2D eigenvalue weighted by Crippen LogP contribution is 2.28. The molecule has 8 nitrogen and oxygen atoms in total. The number of nitrogens with one attached hydrogen (secondary N) is 1. The fourth-order valence-corrected chi connectivity index (χ4v) is 4.63. The predicted octanol–water partition coefficient (Wildman–Crippen LogP) is 4.16. The van der Waals surface area contributed by atoms with E-state index in [1.807, 2.05) is 18.7 Å². The Bertz CT molecular complexity index is 1190. The Morgan fingerprint density at radius 2 is 1.91 bits per heavy atom. The Labute approximate surface area is 207 Å². The maximum absolute atomic E-state index is 12.8. The second-order valence-corrected chi connectivity index (χ2v) is 10.1. The van der Waals surface area contributed by atoms with E-state index in [0.717, 1.165) is 11.3 Å². The first-order valence-corrected chi connectivity index (χ1v) is 12.3. The first kappa shape index (κ1) is 26.2. The van der Waals surface area contributed by atoms with Gasteiger partial charge in [0, 0.05) is 17.6 Å². The largest absolute Gasteiger partial charge is 0.491 e. The van der Waals surface area contributed by atoms with Crippen LogP contribution in [0.4, 0.5) is 0 Å². The number of esters is 1. The van der Waals surface area contributed by atoms with Crippen molar-refractivity contribution in [2.45, 2.75) is 59.4 Å². The number of aliphatic hydroxyl groups excluding tert-OH is 1. The molecule has 0 bridgehead atoms. The predicted molar refractivity (Wildman–Crippen MR) is 134 cm³/mol. The summed E-state index contributed by atoms with van der Waals surface area (Å²) in [5.74, 6) is 0.627. The Hall–Kier alpha value is -2.46. The van der Waals surface area contributed by atoms with E-state index >= 15 is 0 Å². The molecule has 0 unspecified atom stereocenters. The lowest BCUT2D eigenvalue weighted by Gasteiger charge is -2.28. The van der Waals surface area contributed by atoms with Crippen molar-refractivity contribution in [2.24, 2.45) is 0 Å². The topological polar surface area (TPSA) is 105 Å². The van der Waals surface area contributed by atoms with Gasteiger partial charge in [-0.2, -0.15) is 0 Å². The fourth-order valence-electron chi connectivity index (χ4n) is 3.42. The summed E-state index contributed by atoms with van der Waals surface area (Å²) in [6.07, 6.45) is -1.01. The number of carbonyl (C=O) groups is 1. The van der Waals surface area contributed by atoms with Crippen LogP contribution in [0, 0.1) is 6.92 Å². The highest BCUT2D eigenvalue weighted by molar-refractivity contribution is 7.20. The summed E-state index contributed by atoms with van der Waals surface area (Å²) in [6, 6.07) is 7.01. The number of hydrogen-bond donors (Lipinski definition) is 2. The third kappa shape index (κ3) is 6.56. The van der Waals surface area contributed by atoms with E-state index in [2.05, 4.69) is 9.97 Å². The second kappa shape index (κ2) is 11.3. The number of aryl methyl sites for hydroxylation is 1. The minimum atomic E-state index is -0.755. The normalized spacial score (nSPS) is 12.6. The van der Waals surface area contributed by atoms with Gasteiger partial charge in [-0.25, -0.2) is 9.78 Å². The number of aromatic amines is 1. The van der Waals surface area contributed by atoms with Crippen LogP contribution >= 0.6 is 22.9 Å². The quantitative estimate of drug-likeness (QED) is 0.397. The number of ether oxygens (including phenoxy) is 2. The van der Waals surface area contributed by atoms with E-state index < -0.39 is 12.1 Å². The Balaban J connectivity index is 1.73. The van der Waals surface area contributed by atoms with Crippen molar-refractivity contribution in [1.82, 2.24) is 14.9 Å². The number of benzene rings is 1. The molecular formula is C24H30ClN3O5S. The SMILES string of the molecule is Cc1c(C(=O)OC(C)C)sc2nc(CN(C[C@@H](O)COc3ccc(Cl)cc3)C(C)C)[nH]c(=O)c12. The van der Waals surface area contributed by atoms with Crippen molar-refractivity contribution >= 4 is 39.1 Å². The van der Waals surface area contributed by atoms with E-state index in [-0.39, 0.29) is 24.3 Å². The minimum Gasteiger partial charge on any atom is -0.491 e. The van der Waals surface area contributed by atoms with Gasteiger partial charge in [0.25, 0.3) is 5.56 Å². The zero-order chi connectivity index (χ0) is 25.0. The first-order chi connectivity index (χ1) is 16.0. The van der Waals surface area contributed by atoms with Gasteiger partial charge in [-0.1, -0.05) is 11.6 Å². The van der Waals surface area contributed by atoms with Crippen molar-refractivity contribution in [3.8, 4) is 5.75 Å². The summed E-state index contributed by atoms with van der Waals surface area (Å²) in [5.41, 5.74) is 0.272. The Morgan fingerprint density at radius 3 is 2.53 bits per heavy atom. The molecule has 0 spiro atoms. The summed E-state index contributed by atoms with van der Waals surface area (Å²) >= 11 is 7.04. The molecule has 0 amide bonds. The molecule has 2 aromatic heterocycles. The van der Waals surface area contributed by atoms with E-state index in [1.54, 1.807) is 45.0 Å². The van der Waals surface area contributed by atoms with Crippen LogP contribution < -0.4 is 10.3 Å². The summed E-state index contributed by atoms with van der Waals surface area (Å²) in [6.45, 7) is 10.0. The number of aliphatic hydroxyl groups is 1. The van der Waals surface area contributed by atoms with E-state index in [9.17, 15) is 14.7 Å². The molecular weight excluding hydrogens is 478 g/mol. The Morgan fingerprint density at radius 1 is 1.24 bits per heavy atom. The van der Waals surface area contributed by atoms with Crippen LogP contribution in [0.5, 0.6) is 5.75 Å². The van der Waals surface area contributed by atoms with Crippen LogP contribution in [-0.2, 0) is 11.3 Å². The summed E-state index contributed by atoms with van der Waals surface area (Å²) in [4.78, 5) is 35.5. The zero-order valence-corrected chi connectivity index (χ0v) is 21.5. The third-order valence-corrected chi connectivity index (χ3v) is 6.58. The molecule has 0 aliphatic carbocycles. The van der Waals surface area contributed by atoms with Gasteiger partial charge < -0.3 is 19.6 Å². The number of hydrogen-bond acceptors (Lipinski definition) is 8. The van der Waals surface area contributed by atoms with E-state index in [4.69, 9.17) is 21.1 Å². The smallest absolute Gasteiger partial charge is 0.348 e. The number of H-pyrrole nitrogens is 1. The molecule has 0 radical (unpaired) electrons. The third-order valence-electron chi connectivity index (χ3n) is 5.16. The van der Waals surface area contributed by atoms with Crippen LogP contribution in [0.1, 0.15) is 48.8 Å². The second-order valence-electron chi connectivity index (χ2n) is 8.64. The van der Waals surface area contributed by atoms with Gasteiger partial charge in [0.05, 0.1) is 18.0 Å². The van der Waals surface area contributed by atoms with Crippen LogP contribution in [0.25, 0.3) is 10.2 Å². The Kier molecular flexibility index (Phi) is 8.70. The molecule has 0 aliphatic heterocycles. The maximum Gasteiger partial charge on any atom is 0.348 e. The van der Waals surface area contributed by atoms with Crippen LogP contribution in [0.3, 0.4) is 0 Å². The standard InChI is InChI=1S/C24H30ClN3O5S/c1-13(2)28(10-17(29)12-32-18-8-6-16(25)7-9-18)11-19-26-22(30)20-15(5)21(34-23(20)27-19)24(31)33-14(3)4/h6-9,13-14,17,29H,10-12H2,1-5H3,(H,26,27,30)/t17-/m1/s1. The molecule has 1 atom stereocenters. The van der Waals surface area contributed by atoms with Crippen LogP contribution in [0.15, 0.2) is 29.1 Å². The van der Waals surface area contributed by atoms with Gasteiger partial charge in [0.15, 0.2) is 0 Å². The number of fused-ring (bicyclic) bond motifs is 1. The zero-order valence-electron chi connectivity index (χ0n) is 19.9. The van der Waals surface area contributed by atoms with Gasteiger partial charge in [-0.15, -0.1) is 11.3 Å². The van der Waals surface area contributed by atoms with E-state index in [0.29, 0.717) is 50.3 Å². The molecule has 2 heterocycles. The number of rotatable bonds is 10. The molecule has 0 saturated carbocycles. The molecule has 1 aromatic carbocycles. The number of aromatic nitrogens is 2. The lowest BCUT2D eigenvalue weighted by atomic mass is 10.2. The summed E-state index contributed by atoms with van der Waals surface area (Å²) < 4.78 is 10.9. The minimum absolute atomic E-state index is 0.0767. The van der Waals surface area contributed by atoms with Gasteiger partial charge in [-0.3, -0.25) is 9.69 Å². The molecule has 3 rings (SSSR count). The maximum atomic E-state index is 12.8. The molecule has 3 aromatic rings. The van der Waals surface area contributed by atoms with Gasteiger partial charge >= 0.3 is 5.97 Å². The molecule has 34 heavy (non-hydrogen) atoms. The average Bonchev–Trinajstić information content (AvgIpc) is 3.09. The molecule has 0 fully saturated rings. The van der Waals surface area contributed by atoms with Crippen molar-refractivity contribution in [2.75, 3.05) is 13.2 Å². The fraction of sp³-hybridized carbons (Fsp3) is 0.458. The van der Waals surface area contributed by atoms with Crippen LogP contribution in [-0.4, -0.2) is 57.3 Å². The summed E-state index contributed by atoms with van der Waals surface area (Å²) in [7, 11) is 0. The lowest BCUT2D eigenvalue weighted by Crippen LogP contribution is -2.40.